The molecule has 0 atom stereocenters. The molecule has 0 amide bonds. The molecule has 0 saturated heterocycles. The Balaban J connectivity index is 1.01. The average Bonchev–Trinajstić information content (AvgIpc) is 3.73. The Bertz CT molecular complexity index is 3630. The molecule has 0 aliphatic rings. The molecule has 13 aromatic rings. The summed E-state index contributed by atoms with van der Waals surface area (Å²) in [7, 11) is 0. The van der Waals surface area contributed by atoms with Gasteiger partial charge in [-0.15, -0.1) is 11.3 Å². The van der Waals surface area contributed by atoms with Crippen LogP contribution in [0.15, 0.2) is 168 Å². The summed E-state index contributed by atoms with van der Waals surface area (Å²) < 4.78 is 11.6. The summed E-state index contributed by atoms with van der Waals surface area (Å²) in [4.78, 5) is 10.5. The quantitative estimate of drug-likeness (QED) is 0.183. The number of aromatic nitrogens is 3. The number of rotatable bonds is 3. The molecule has 4 heterocycles. The molecule has 13 rings (SSSR count). The van der Waals surface area contributed by atoms with Gasteiger partial charge in [-0.05, 0) is 94.3 Å². The van der Waals surface area contributed by atoms with Gasteiger partial charge in [0.1, 0.15) is 11.2 Å². The number of fused-ring (bicyclic) bond motifs is 5. The first-order chi connectivity index (χ1) is 27.2. The highest BCUT2D eigenvalue weighted by atomic mass is 32.1. The molecule has 254 valence electrons. The topological polar surface area (TPSA) is 43.9 Å². The number of benzene rings is 9. The van der Waals surface area contributed by atoms with Crippen LogP contribution in [0.2, 0.25) is 0 Å². The third kappa shape index (κ3) is 4.10. The lowest BCUT2D eigenvalue weighted by atomic mass is 9.99. The summed E-state index contributed by atoms with van der Waals surface area (Å²) >= 11 is 1.83. The van der Waals surface area contributed by atoms with E-state index in [-0.39, 0.29) is 0 Å². The number of thiophene rings is 1. The summed E-state index contributed by atoms with van der Waals surface area (Å²) in [6, 6.07) is 58.7. The lowest BCUT2D eigenvalue weighted by molar-refractivity contribution is 0.664. The van der Waals surface area contributed by atoms with Gasteiger partial charge in [0.2, 0.25) is 0 Å². The Kier molecular flexibility index (Phi) is 5.74. The highest BCUT2D eigenvalue weighted by Crippen LogP contribution is 2.45. The number of hydrogen-bond donors (Lipinski definition) is 0. The number of para-hydroxylation sites is 2. The molecule has 5 heteroatoms. The van der Waals surface area contributed by atoms with Gasteiger partial charge in [-0.2, -0.15) is 0 Å². The summed E-state index contributed by atoms with van der Waals surface area (Å²) in [5.41, 5.74) is 10.9. The molecule has 0 saturated carbocycles. The molecule has 0 aliphatic heterocycles. The maximum Gasteiger partial charge on any atom is 0.135 e. The maximum absolute atomic E-state index is 6.64. The largest absolute Gasteiger partial charge is 0.456 e. The normalized spacial score (nSPS) is 12.4. The van der Waals surface area contributed by atoms with Gasteiger partial charge in [-0.25, -0.2) is 9.97 Å². The van der Waals surface area contributed by atoms with Crippen LogP contribution in [0.5, 0.6) is 0 Å². The molecule has 0 unspecified atom stereocenters. The van der Waals surface area contributed by atoms with Gasteiger partial charge >= 0.3 is 0 Å². The number of hydrogen-bond acceptors (Lipinski definition) is 4. The molecule has 0 bridgehead atoms. The van der Waals surface area contributed by atoms with Crippen LogP contribution in [0.3, 0.4) is 0 Å². The summed E-state index contributed by atoms with van der Waals surface area (Å²) in [6.07, 6.45) is 0. The zero-order chi connectivity index (χ0) is 35.8. The zero-order valence-electron chi connectivity index (χ0n) is 29.2. The van der Waals surface area contributed by atoms with Crippen molar-refractivity contribution in [3.05, 3.63) is 164 Å². The van der Waals surface area contributed by atoms with Crippen LogP contribution in [0.4, 0.5) is 0 Å². The van der Waals surface area contributed by atoms with E-state index in [4.69, 9.17) is 14.4 Å². The Morgan fingerprint density at radius 3 is 1.73 bits per heavy atom. The van der Waals surface area contributed by atoms with E-state index < -0.39 is 0 Å². The predicted molar refractivity (Wildman–Crippen MR) is 231 cm³/mol. The van der Waals surface area contributed by atoms with Gasteiger partial charge in [-0.3, -0.25) is 0 Å². The first kappa shape index (κ1) is 29.4. The monoisotopic (exact) mass is 717 g/mol. The molecule has 55 heavy (non-hydrogen) atoms. The summed E-state index contributed by atoms with van der Waals surface area (Å²) in [5, 5.41) is 12.0. The molecule has 9 aromatic carbocycles. The molecule has 0 fully saturated rings. The van der Waals surface area contributed by atoms with Gasteiger partial charge in [0.05, 0.1) is 33.5 Å². The fourth-order valence-corrected chi connectivity index (χ4v) is 10.1. The van der Waals surface area contributed by atoms with E-state index in [0.29, 0.717) is 0 Å². The fourth-order valence-electron chi connectivity index (χ4n) is 9.04. The molecule has 0 radical (unpaired) electrons. The van der Waals surface area contributed by atoms with Crippen molar-refractivity contribution in [2.75, 3.05) is 0 Å². The van der Waals surface area contributed by atoms with Gasteiger partial charge in [-0.1, -0.05) is 91.0 Å². The van der Waals surface area contributed by atoms with E-state index in [9.17, 15) is 0 Å². The van der Waals surface area contributed by atoms with Crippen LogP contribution in [0.25, 0.3) is 125 Å². The predicted octanol–water partition coefficient (Wildman–Crippen LogP) is 14.1. The van der Waals surface area contributed by atoms with Crippen LogP contribution in [-0.2, 0) is 0 Å². The second-order valence-corrected chi connectivity index (χ2v) is 15.6. The van der Waals surface area contributed by atoms with Gasteiger partial charge < -0.3 is 8.98 Å². The fraction of sp³-hybridized carbons (Fsp3) is 0. The van der Waals surface area contributed by atoms with E-state index in [1.165, 1.54) is 52.8 Å². The second-order valence-electron chi connectivity index (χ2n) is 14.5. The van der Waals surface area contributed by atoms with Crippen molar-refractivity contribution in [3.8, 4) is 28.2 Å². The van der Waals surface area contributed by atoms with Gasteiger partial charge in [0, 0.05) is 58.5 Å². The first-order valence-electron chi connectivity index (χ1n) is 18.6. The lowest BCUT2D eigenvalue weighted by Crippen LogP contribution is -1.96. The highest BCUT2D eigenvalue weighted by Gasteiger charge is 2.22. The van der Waals surface area contributed by atoms with E-state index in [1.54, 1.807) is 0 Å². The molecule has 0 N–H and O–H groups in total. The average molecular weight is 718 g/mol. The van der Waals surface area contributed by atoms with Crippen molar-refractivity contribution in [1.82, 2.24) is 14.5 Å². The van der Waals surface area contributed by atoms with Crippen LogP contribution < -0.4 is 0 Å². The molecule has 0 aliphatic carbocycles. The Morgan fingerprint density at radius 1 is 0.418 bits per heavy atom. The minimum atomic E-state index is 0.882. The van der Waals surface area contributed by atoms with E-state index in [2.05, 4.69) is 144 Å². The minimum Gasteiger partial charge on any atom is -0.456 e. The van der Waals surface area contributed by atoms with Gasteiger partial charge in [0.25, 0.3) is 0 Å². The van der Waals surface area contributed by atoms with E-state index >= 15 is 0 Å². The molecular weight excluding hydrogens is 691 g/mol. The highest BCUT2D eigenvalue weighted by molar-refractivity contribution is 7.25. The number of nitrogens with zero attached hydrogens (tertiary/aromatic N) is 3. The molecule has 4 nitrogen and oxygen atoms in total. The Morgan fingerprint density at radius 2 is 1.00 bits per heavy atom. The third-order valence-corrected chi connectivity index (χ3v) is 12.7. The van der Waals surface area contributed by atoms with E-state index in [0.717, 1.165) is 71.9 Å². The van der Waals surface area contributed by atoms with Crippen molar-refractivity contribution in [2.24, 2.45) is 0 Å². The second kappa shape index (κ2) is 10.8. The lowest BCUT2D eigenvalue weighted by Gasteiger charge is -2.13. The first-order valence-corrected chi connectivity index (χ1v) is 19.4. The van der Waals surface area contributed by atoms with Gasteiger partial charge in [0.15, 0.2) is 0 Å². The molecule has 4 aromatic heterocycles. The smallest absolute Gasteiger partial charge is 0.135 e. The summed E-state index contributed by atoms with van der Waals surface area (Å²) in [6.45, 7) is 0. The standard InChI is InChI=1S/C50H27N3OS/c1-4-14-43-35(9-1)36-27-33(20-24-44(36)55-43)50-49(51-37-10-2-3-11-38(37)52-50)32-16-15-31-26-34(21-17-30(31)25-32)53-39-22-18-28-7-5-12-41-45(28)47(39)48-40(53)23-19-29-8-6-13-42(54-41)46(29)48/h1-27H. The Labute approximate surface area is 317 Å². The van der Waals surface area contributed by atoms with Crippen molar-refractivity contribution in [2.45, 2.75) is 0 Å². The third-order valence-electron chi connectivity index (χ3n) is 11.5. The maximum atomic E-state index is 6.64. The zero-order valence-corrected chi connectivity index (χ0v) is 30.1. The van der Waals surface area contributed by atoms with Crippen LogP contribution in [0.1, 0.15) is 0 Å². The minimum absolute atomic E-state index is 0.882. The van der Waals surface area contributed by atoms with Crippen molar-refractivity contribution in [3.63, 3.8) is 0 Å². The van der Waals surface area contributed by atoms with Crippen molar-refractivity contribution >= 4 is 108 Å². The SMILES string of the molecule is c1ccc2nc(-c3ccc4sc5ccccc5c4c3)c(-c3ccc4cc(-n5c6ccc7cccc8oc9cccc%10ccc5c(c%109)c6c78)ccc4c3)nc2c1. The Hall–Kier alpha value is -7.08. The molecule has 0 spiro atoms. The van der Waals surface area contributed by atoms with Crippen LogP contribution in [-0.4, -0.2) is 14.5 Å². The van der Waals surface area contributed by atoms with Crippen molar-refractivity contribution < 1.29 is 4.42 Å². The van der Waals surface area contributed by atoms with Crippen LogP contribution in [0, 0.1) is 0 Å². The van der Waals surface area contributed by atoms with Crippen molar-refractivity contribution in [1.29, 1.82) is 0 Å². The molecular formula is C50H27N3OS. The van der Waals surface area contributed by atoms with E-state index in [1.807, 2.05) is 35.6 Å². The summed E-state index contributed by atoms with van der Waals surface area (Å²) in [5.74, 6) is 0. The van der Waals surface area contributed by atoms with Crippen LogP contribution >= 0.6 is 11.3 Å².